The van der Waals surface area contributed by atoms with Crippen molar-refractivity contribution in [3.8, 4) is 0 Å². The van der Waals surface area contributed by atoms with Gasteiger partial charge in [0.25, 0.3) is 0 Å². The quantitative estimate of drug-likeness (QED) is 0.344. The fourth-order valence-electron chi connectivity index (χ4n) is 2.14. The van der Waals surface area contributed by atoms with Crippen molar-refractivity contribution in [2.24, 2.45) is 10.9 Å². The van der Waals surface area contributed by atoms with Crippen LogP contribution in [0.4, 0.5) is 5.95 Å². The van der Waals surface area contributed by atoms with Crippen LogP contribution in [-0.2, 0) is 0 Å². The molecule has 0 amide bonds. The van der Waals surface area contributed by atoms with E-state index in [-0.39, 0.29) is 11.9 Å². The second kappa shape index (κ2) is 7.04. The Hall–Kier alpha value is -1.89. The highest BCUT2D eigenvalue weighted by Crippen LogP contribution is 2.14. The summed E-state index contributed by atoms with van der Waals surface area (Å²) < 4.78 is 0. The zero-order valence-corrected chi connectivity index (χ0v) is 12.8. The van der Waals surface area contributed by atoms with Gasteiger partial charge in [-0.15, -0.1) is 0 Å². The second-order valence-corrected chi connectivity index (χ2v) is 5.08. The molecule has 7 nitrogen and oxygen atoms in total. The second-order valence-electron chi connectivity index (χ2n) is 5.08. The van der Waals surface area contributed by atoms with Gasteiger partial charge in [-0.2, -0.15) is 0 Å². The van der Waals surface area contributed by atoms with Gasteiger partial charge >= 0.3 is 0 Å². The van der Waals surface area contributed by atoms with Crippen molar-refractivity contribution in [1.82, 2.24) is 14.9 Å². The van der Waals surface area contributed by atoms with Crippen LogP contribution in [0.1, 0.15) is 25.2 Å². The van der Waals surface area contributed by atoms with E-state index in [0.29, 0.717) is 11.6 Å². The van der Waals surface area contributed by atoms with Gasteiger partial charge in [0.15, 0.2) is 5.84 Å². The molecule has 0 aliphatic heterocycles. The number of amidine groups is 1. The first-order valence-electron chi connectivity index (χ1n) is 6.64. The summed E-state index contributed by atoms with van der Waals surface area (Å²) in [5, 5.41) is 11.8. The molecule has 0 saturated carbocycles. The number of oxime groups is 1. The van der Waals surface area contributed by atoms with E-state index in [9.17, 15) is 0 Å². The summed E-state index contributed by atoms with van der Waals surface area (Å²) in [6.45, 7) is 7.72. The first-order chi connectivity index (χ1) is 9.38. The van der Waals surface area contributed by atoms with E-state index in [0.717, 1.165) is 18.8 Å². The topological polar surface area (TPSA) is 90.9 Å². The Kier molecular flexibility index (Phi) is 5.69. The Morgan fingerprint density at radius 2 is 2.10 bits per heavy atom. The molecule has 0 radical (unpaired) electrons. The highest BCUT2D eigenvalue weighted by atomic mass is 16.4. The molecule has 0 saturated heterocycles. The van der Waals surface area contributed by atoms with E-state index in [1.165, 1.54) is 0 Å². The van der Waals surface area contributed by atoms with Crippen LogP contribution in [0.5, 0.6) is 0 Å². The molecular formula is C13H24N6O. The van der Waals surface area contributed by atoms with Crippen molar-refractivity contribution in [2.75, 3.05) is 32.1 Å². The fraction of sp³-hybridized carbons (Fsp3) is 0.615. The van der Waals surface area contributed by atoms with Gasteiger partial charge in [-0.05, 0) is 40.9 Å². The number of aryl methyl sites for hydroxylation is 1. The maximum atomic E-state index is 8.78. The van der Waals surface area contributed by atoms with E-state index in [2.05, 4.69) is 38.8 Å². The van der Waals surface area contributed by atoms with Crippen molar-refractivity contribution in [2.45, 2.75) is 26.8 Å². The van der Waals surface area contributed by atoms with Crippen LogP contribution >= 0.6 is 0 Å². The molecule has 0 aromatic carbocycles. The number of rotatable bonds is 6. The summed E-state index contributed by atoms with van der Waals surface area (Å²) in [7, 11) is 4.06. The van der Waals surface area contributed by atoms with Gasteiger partial charge in [-0.1, -0.05) is 5.16 Å². The lowest BCUT2D eigenvalue weighted by atomic mass is 10.2. The van der Waals surface area contributed by atoms with E-state index >= 15 is 0 Å². The molecule has 112 valence electrons. The molecule has 7 heteroatoms. The minimum atomic E-state index is -0.00642. The molecule has 1 heterocycles. The summed E-state index contributed by atoms with van der Waals surface area (Å²) in [6.07, 6.45) is 0. The first-order valence-corrected chi connectivity index (χ1v) is 6.64. The Bertz CT molecular complexity index is 474. The molecule has 20 heavy (non-hydrogen) atoms. The third kappa shape index (κ3) is 4.06. The van der Waals surface area contributed by atoms with Gasteiger partial charge in [-0.3, -0.25) is 0 Å². The van der Waals surface area contributed by atoms with Gasteiger partial charge in [0.2, 0.25) is 5.95 Å². The predicted molar refractivity (Wildman–Crippen MR) is 80.3 cm³/mol. The van der Waals surface area contributed by atoms with E-state index in [1.807, 2.05) is 21.0 Å². The molecular weight excluding hydrogens is 256 g/mol. The molecule has 0 aliphatic rings. The molecule has 0 aliphatic carbocycles. The van der Waals surface area contributed by atoms with Gasteiger partial charge in [0.1, 0.15) is 5.69 Å². The minimum Gasteiger partial charge on any atom is -0.409 e. The van der Waals surface area contributed by atoms with Crippen LogP contribution in [0.15, 0.2) is 11.2 Å². The number of likely N-dealkylation sites (N-methyl/N-ethyl adjacent to an activating group) is 2. The first kappa shape index (κ1) is 16.2. The lowest BCUT2D eigenvalue weighted by molar-refractivity contribution is 0.318. The summed E-state index contributed by atoms with van der Waals surface area (Å²) in [4.78, 5) is 13.1. The Morgan fingerprint density at radius 3 is 2.60 bits per heavy atom. The maximum Gasteiger partial charge on any atom is 0.226 e. The monoisotopic (exact) mass is 280 g/mol. The van der Waals surface area contributed by atoms with Crippen molar-refractivity contribution in [1.29, 1.82) is 0 Å². The highest BCUT2D eigenvalue weighted by molar-refractivity contribution is 5.95. The molecule has 0 fully saturated rings. The lowest BCUT2D eigenvalue weighted by Crippen LogP contribution is -2.41. The van der Waals surface area contributed by atoms with Crippen molar-refractivity contribution in [3.05, 3.63) is 17.5 Å². The normalized spacial score (nSPS) is 13.6. The van der Waals surface area contributed by atoms with Crippen LogP contribution < -0.4 is 10.6 Å². The summed E-state index contributed by atoms with van der Waals surface area (Å²) in [5.41, 5.74) is 6.83. The van der Waals surface area contributed by atoms with E-state index < -0.39 is 0 Å². The maximum absolute atomic E-state index is 8.78. The summed E-state index contributed by atoms with van der Waals surface area (Å²) in [5.74, 6) is 0.594. The van der Waals surface area contributed by atoms with Crippen molar-refractivity contribution >= 4 is 11.8 Å². The number of aromatic nitrogens is 2. The number of hydrogen-bond acceptors (Lipinski definition) is 6. The molecule has 3 N–H and O–H groups in total. The number of nitrogens with two attached hydrogens (primary N) is 1. The Balaban J connectivity index is 3.12. The predicted octanol–water partition coefficient (Wildman–Crippen LogP) is 0.656. The van der Waals surface area contributed by atoms with Crippen LogP contribution in [-0.4, -0.2) is 59.1 Å². The van der Waals surface area contributed by atoms with Crippen molar-refractivity contribution in [3.63, 3.8) is 0 Å². The van der Waals surface area contributed by atoms with E-state index in [1.54, 1.807) is 6.07 Å². The summed E-state index contributed by atoms with van der Waals surface area (Å²) >= 11 is 0. The van der Waals surface area contributed by atoms with Gasteiger partial charge < -0.3 is 20.7 Å². The standard InChI is InChI=1S/C13H24N6O/c1-6-19(10(3)8-18(4)5)13-15-9(2)7-11(16-13)12(14)17-20/h7,10,20H,6,8H2,1-5H3,(H2,14,17). The molecule has 1 rings (SSSR count). The minimum absolute atomic E-state index is 0.00642. The zero-order chi connectivity index (χ0) is 15.3. The molecule has 1 unspecified atom stereocenters. The molecule has 1 atom stereocenters. The average molecular weight is 280 g/mol. The van der Waals surface area contributed by atoms with Crippen LogP contribution in [0.3, 0.4) is 0 Å². The molecule has 1 aromatic rings. The average Bonchev–Trinajstić information content (AvgIpc) is 2.37. The largest absolute Gasteiger partial charge is 0.409 e. The summed E-state index contributed by atoms with van der Waals surface area (Å²) in [6, 6.07) is 1.96. The molecule has 1 aromatic heterocycles. The van der Waals surface area contributed by atoms with Gasteiger partial charge in [0.05, 0.1) is 0 Å². The van der Waals surface area contributed by atoms with Gasteiger partial charge in [0, 0.05) is 24.8 Å². The third-order valence-electron chi connectivity index (χ3n) is 2.97. The molecule has 0 bridgehead atoms. The highest BCUT2D eigenvalue weighted by Gasteiger charge is 2.18. The van der Waals surface area contributed by atoms with Crippen LogP contribution in [0.2, 0.25) is 0 Å². The third-order valence-corrected chi connectivity index (χ3v) is 2.97. The fourth-order valence-corrected chi connectivity index (χ4v) is 2.14. The smallest absolute Gasteiger partial charge is 0.226 e. The number of hydrogen-bond donors (Lipinski definition) is 2. The van der Waals surface area contributed by atoms with Crippen LogP contribution in [0.25, 0.3) is 0 Å². The number of nitrogens with zero attached hydrogens (tertiary/aromatic N) is 5. The van der Waals surface area contributed by atoms with Crippen molar-refractivity contribution < 1.29 is 5.21 Å². The van der Waals surface area contributed by atoms with E-state index in [4.69, 9.17) is 10.9 Å². The molecule has 0 spiro atoms. The lowest BCUT2D eigenvalue weighted by Gasteiger charge is -2.30. The SMILES string of the molecule is CCN(c1nc(C)cc(/C(N)=N/O)n1)C(C)CN(C)C. The zero-order valence-electron chi connectivity index (χ0n) is 12.8. The van der Waals surface area contributed by atoms with Gasteiger partial charge in [-0.25, -0.2) is 9.97 Å². The Labute approximate surface area is 120 Å². The Morgan fingerprint density at radius 1 is 1.45 bits per heavy atom. The van der Waals surface area contributed by atoms with Crippen LogP contribution in [0, 0.1) is 6.92 Å². The number of anilines is 1.